The van der Waals surface area contributed by atoms with Crippen molar-refractivity contribution < 1.29 is 9.50 Å². The van der Waals surface area contributed by atoms with Crippen LogP contribution in [0.15, 0.2) is 35.8 Å². The summed E-state index contributed by atoms with van der Waals surface area (Å²) < 4.78 is 13.3. The summed E-state index contributed by atoms with van der Waals surface area (Å²) in [5.74, 6) is -0.374. The first-order valence-corrected chi connectivity index (χ1v) is 5.46. The van der Waals surface area contributed by atoms with Gasteiger partial charge < -0.3 is 5.11 Å². The minimum atomic E-state index is -0.822. The molecule has 1 atom stereocenters. The van der Waals surface area contributed by atoms with E-state index in [0.29, 0.717) is 12.0 Å². The lowest BCUT2D eigenvalue weighted by Crippen LogP contribution is -2.03. The van der Waals surface area contributed by atoms with Gasteiger partial charge in [0.05, 0.1) is 11.1 Å². The van der Waals surface area contributed by atoms with Crippen LogP contribution in [0.2, 0.25) is 0 Å². The molecule has 1 heterocycles. The highest BCUT2D eigenvalue weighted by atomic mass is 32.1. The summed E-state index contributed by atoms with van der Waals surface area (Å²) in [4.78, 5) is 4.05. The van der Waals surface area contributed by atoms with Gasteiger partial charge in [-0.1, -0.05) is 18.2 Å². The van der Waals surface area contributed by atoms with Crippen LogP contribution < -0.4 is 0 Å². The second-order valence-corrected chi connectivity index (χ2v) is 4.15. The molecule has 15 heavy (non-hydrogen) atoms. The lowest BCUT2D eigenvalue weighted by Gasteiger charge is -2.09. The predicted octanol–water partition coefficient (Wildman–Crippen LogP) is 2.56. The Kier molecular flexibility index (Phi) is 3.08. The lowest BCUT2D eigenvalue weighted by molar-refractivity contribution is 0.173. The zero-order valence-electron chi connectivity index (χ0n) is 7.93. The van der Waals surface area contributed by atoms with Gasteiger partial charge in [0.15, 0.2) is 0 Å². The number of benzene rings is 1. The summed E-state index contributed by atoms with van der Waals surface area (Å²) in [6.07, 6.45) is 1.21. The fourth-order valence-electron chi connectivity index (χ4n) is 1.37. The molecule has 4 heteroatoms. The second-order valence-electron chi connectivity index (χ2n) is 3.17. The summed E-state index contributed by atoms with van der Waals surface area (Å²) in [5, 5.41) is 12.4. The topological polar surface area (TPSA) is 33.1 Å². The number of aromatic nitrogens is 1. The summed E-state index contributed by atoms with van der Waals surface area (Å²) in [5.41, 5.74) is 0.327. The van der Waals surface area contributed by atoms with Gasteiger partial charge in [-0.05, 0) is 6.07 Å². The van der Waals surface area contributed by atoms with Crippen molar-refractivity contribution in [3.8, 4) is 0 Å². The first-order chi connectivity index (χ1) is 7.27. The molecule has 2 rings (SSSR count). The molecule has 1 aromatic carbocycles. The number of hydrogen-bond acceptors (Lipinski definition) is 3. The van der Waals surface area contributed by atoms with Crippen LogP contribution >= 0.6 is 11.3 Å². The van der Waals surface area contributed by atoms with E-state index in [1.807, 2.05) is 5.38 Å². The zero-order valence-corrected chi connectivity index (χ0v) is 8.75. The quantitative estimate of drug-likeness (QED) is 0.867. The van der Waals surface area contributed by atoms with Crippen LogP contribution in [0.4, 0.5) is 4.39 Å². The van der Waals surface area contributed by atoms with Crippen molar-refractivity contribution in [3.63, 3.8) is 0 Å². The van der Waals surface area contributed by atoms with Crippen molar-refractivity contribution in [2.24, 2.45) is 0 Å². The average Bonchev–Trinajstić information content (AvgIpc) is 2.71. The summed E-state index contributed by atoms with van der Waals surface area (Å²) >= 11 is 1.46. The first kappa shape index (κ1) is 10.3. The summed E-state index contributed by atoms with van der Waals surface area (Å²) in [7, 11) is 0. The van der Waals surface area contributed by atoms with Crippen LogP contribution in [0.1, 0.15) is 16.7 Å². The maximum atomic E-state index is 13.3. The molecule has 0 radical (unpaired) electrons. The van der Waals surface area contributed by atoms with E-state index in [9.17, 15) is 9.50 Å². The molecule has 0 bridgehead atoms. The van der Waals surface area contributed by atoms with E-state index in [-0.39, 0.29) is 5.82 Å². The van der Waals surface area contributed by atoms with Crippen molar-refractivity contribution in [2.75, 3.05) is 0 Å². The van der Waals surface area contributed by atoms with Crippen molar-refractivity contribution in [1.29, 1.82) is 0 Å². The fourth-order valence-corrected chi connectivity index (χ4v) is 2.03. The smallest absolute Gasteiger partial charge is 0.129 e. The molecule has 0 saturated carbocycles. The number of thiazole rings is 1. The van der Waals surface area contributed by atoms with Crippen molar-refractivity contribution >= 4 is 11.3 Å². The number of halogens is 1. The van der Waals surface area contributed by atoms with E-state index in [2.05, 4.69) is 4.98 Å². The fraction of sp³-hybridized carbons (Fsp3) is 0.182. The van der Waals surface area contributed by atoms with Gasteiger partial charge in [0, 0.05) is 23.6 Å². The number of aliphatic hydroxyl groups excluding tert-OH is 1. The normalized spacial score (nSPS) is 12.7. The number of hydrogen-bond donors (Lipinski definition) is 1. The van der Waals surface area contributed by atoms with Gasteiger partial charge in [-0.2, -0.15) is 0 Å². The van der Waals surface area contributed by atoms with Crippen LogP contribution in [0, 0.1) is 5.82 Å². The minimum Gasteiger partial charge on any atom is -0.388 e. The predicted molar refractivity (Wildman–Crippen MR) is 57.2 cm³/mol. The molecule has 0 aliphatic carbocycles. The van der Waals surface area contributed by atoms with Gasteiger partial charge in [-0.3, -0.25) is 0 Å². The molecule has 0 fully saturated rings. The van der Waals surface area contributed by atoms with E-state index in [1.165, 1.54) is 17.4 Å². The van der Waals surface area contributed by atoms with Gasteiger partial charge in [0.1, 0.15) is 5.82 Å². The Morgan fingerprint density at radius 1 is 1.40 bits per heavy atom. The average molecular weight is 223 g/mol. The standard InChI is InChI=1S/C11H10FNOS/c12-9-4-2-1-3-8(9)10(14)7-11-13-5-6-15-11/h1-6,10,14H,7H2. The molecular formula is C11H10FNOS. The molecule has 0 saturated heterocycles. The van der Waals surface area contributed by atoms with E-state index < -0.39 is 6.10 Å². The van der Waals surface area contributed by atoms with E-state index in [4.69, 9.17) is 0 Å². The third-order valence-corrected chi connectivity index (χ3v) is 2.92. The van der Waals surface area contributed by atoms with Gasteiger partial charge in [-0.15, -0.1) is 11.3 Å². The van der Waals surface area contributed by atoms with Crippen LogP contribution in [0.3, 0.4) is 0 Å². The lowest BCUT2D eigenvalue weighted by atomic mass is 10.1. The monoisotopic (exact) mass is 223 g/mol. The van der Waals surface area contributed by atoms with Gasteiger partial charge in [-0.25, -0.2) is 9.37 Å². The van der Waals surface area contributed by atoms with E-state index in [0.717, 1.165) is 5.01 Å². The molecule has 1 aromatic heterocycles. The molecule has 1 N–H and O–H groups in total. The molecule has 0 aliphatic heterocycles. The Morgan fingerprint density at radius 2 is 2.20 bits per heavy atom. The first-order valence-electron chi connectivity index (χ1n) is 4.58. The van der Waals surface area contributed by atoms with Gasteiger partial charge >= 0.3 is 0 Å². The number of rotatable bonds is 3. The van der Waals surface area contributed by atoms with Crippen molar-refractivity contribution in [3.05, 3.63) is 52.2 Å². The van der Waals surface area contributed by atoms with Crippen LogP contribution in [0.25, 0.3) is 0 Å². The number of nitrogens with zero attached hydrogens (tertiary/aromatic N) is 1. The highest BCUT2D eigenvalue weighted by Gasteiger charge is 2.13. The van der Waals surface area contributed by atoms with Crippen LogP contribution in [0.5, 0.6) is 0 Å². The molecule has 2 aromatic rings. The Bertz CT molecular complexity index is 430. The number of aliphatic hydroxyl groups is 1. The van der Waals surface area contributed by atoms with Gasteiger partial charge in [0.2, 0.25) is 0 Å². The Morgan fingerprint density at radius 3 is 2.87 bits per heavy atom. The summed E-state index contributed by atoms with van der Waals surface area (Å²) in [6, 6.07) is 6.26. The zero-order chi connectivity index (χ0) is 10.7. The highest BCUT2D eigenvalue weighted by Crippen LogP contribution is 2.21. The van der Waals surface area contributed by atoms with Crippen molar-refractivity contribution in [2.45, 2.75) is 12.5 Å². The van der Waals surface area contributed by atoms with E-state index >= 15 is 0 Å². The van der Waals surface area contributed by atoms with E-state index in [1.54, 1.807) is 24.4 Å². The Balaban J connectivity index is 2.15. The molecule has 78 valence electrons. The maximum Gasteiger partial charge on any atom is 0.129 e. The molecular weight excluding hydrogens is 213 g/mol. The molecule has 0 aliphatic rings. The molecule has 0 spiro atoms. The van der Waals surface area contributed by atoms with Crippen molar-refractivity contribution in [1.82, 2.24) is 4.98 Å². The molecule has 0 amide bonds. The highest BCUT2D eigenvalue weighted by molar-refractivity contribution is 7.09. The van der Waals surface area contributed by atoms with Gasteiger partial charge in [0.25, 0.3) is 0 Å². The SMILES string of the molecule is OC(Cc1nccs1)c1ccccc1F. The Labute approximate surface area is 91.0 Å². The second kappa shape index (κ2) is 4.51. The minimum absolute atomic E-state index is 0.327. The molecule has 1 unspecified atom stereocenters. The maximum absolute atomic E-state index is 13.3. The van der Waals surface area contributed by atoms with Crippen LogP contribution in [-0.2, 0) is 6.42 Å². The third-order valence-electron chi connectivity index (χ3n) is 2.12. The molecule has 2 nitrogen and oxygen atoms in total. The van der Waals surface area contributed by atoms with Crippen LogP contribution in [-0.4, -0.2) is 10.1 Å². The Hall–Kier alpha value is -1.26. The summed E-state index contributed by atoms with van der Waals surface area (Å²) in [6.45, 7) is 0. The largest absolute Gasteiger partial charge is 0.388 e. The third kappa shape index (κ3) is 2.40.